The molecular formula is C21H28N2O2. The molecule has 1 saturated carbocycles. The van der Waals surface area contributed by atoms with Crippen molar-refractivity contribution in [3.63, 3.8) is 0 Å². The van der Waals surface area contributed by atoms with E-state index in [0.717, 1.165) is 21.7 Å². The summed E-state index contributed by atoms with van der Waals surface area (Å²) >= 11 is 0. The summed E-state index contributed by atoms with van der Waals surface area (Å²) in [5, 5.41) is 4.87. The molecule has 1 aromatic rings. The Bertz CT molecular complexity index is 776. The van der Waals surface area contributed by atoms with Gasteiger partial charge in [0.05, 0.1) is 11.3 Å². The molecule has 1 unspecified atom stereocenters. The van der Waals surface area contributed by atoms with Gasteiger partial charge in [-0.1, -0.05) is 37.5 Å². The lowest BCUT2D eigenvalue weighted by atomic mass is 9.87. The molecule has 0 saturated heterocycles. The van der Waals surface area contributed by atoms with Gasteiger partial charge in [-0.05, 0) is 50.2 Å². The molecule has 2 aliphatic rings. The minimum Gasteiger partial charge on any atom is -0.356 e. The summed E-state index contributed by atoms with van der Waals surface area (Å²) in [6.45, 7) is 4.56. The van der Waals surface area contributed by atoms with E-state index < -0.39 is 0 Å². The zero-order valence-corrected chi connectivity index (χ0v) is 15.3. The summed E-state index contributed by atoms with van der Waals surface area (Å²) in [7, 11) is 0. The van der Waals surface area contributed by atoms with Gasteiger partial charge in [0.2, 0.25) is 5.91 Å². The Kier molecular flexibility index (Phi) is 5.67. The largest absolute Gasteiger partial charge is 0.356 e. The van der Waals surface area contributed by atoms with Gasteiger partial charge in [0.25, 0.3) is 5.91 Å². The molecule has 3 rings (SSSR count). The van der Waals surface area contributed by atoms with Crippen LogP contribution < -0.4 is 15.9 Å². The van der Waals surface area contributed by atoms with Crippen LogP contribution in [0.4, 0.5) is 0 Å². The van der Waals surface area contributed by atoms with Gasteiger partial charge in [-0.3, -0.25) is 9.59 Å². The average molecular weight is 340 g/mol. The molecule has 1 aromatic carbocycles. The quantitative estimate of drug-likeness (QED) is 0.894. The Balaban J connectivity index is 1.56. The van der Waals surface area contributed by atoms with Gasteiger partial charge in [-0.15, -0.1) is 0 Å². The number of nitrogens with one attached hydrogen (secondary N) is 1. The third-order valence-corrected chi connectivity index (χ3v) is 5.52. The molecule has 4 nitrogen and oxygen atoms in total. The van der Waals surface area contributed by atoms with Gasteiger partial charge < -0.3 is 5.32 Å². The van der Waals surface area contributed by atoms with Crippen LogP contribution in [0.5, 0.6) is 0 Å². The fourth-order valence-corrected chi connectivity index (χ4v) is 3.94. The number of benzene rings is 1. The number of carbonyl (C=O) groups is 2. The maximum atomic E-state index is 12.3. The first-order chi connectivity index (χ1) is 12.0. The maximum absolute atomic E-state index is 12.3. The van der Waals surface area contributed by atoms with Crippen molar-refractivity contribution in [3.8, 4) is 0 Å². The smallest absolute Gasteiger partial charge is 0.253 e. The third-order valence-electron chi connectivity index (χ3n) is 5.52. The van der Waals surface area contributed by atoms with Crippen LogP contribution >= 0.6 is 0 Å². The predicted molar refractivity (Wildman–Crippen MR) is 98.5 cm³/mol. The molecule has 25 heavy (non-hydrogen) atoms. The predicted octanol–water partition coefficient (Wildman–Crippen LogP) is 2.34. The number of nitrogens with zero attached hydrogens (tertiary/aromatic N) is 1. The molecule has 1 aliphatic carbocycles. The number of hydrogen-bond acceptors (Lipinski definition) is 2. The van der Waals surface area contributed by atoms with Crippen LogP contribution in [0.3, 0.4) is 0 Å². The zero-order valence-electron chi connectivity index (χ0n) is 15.3. The normalized spacial score (nSPS) is 20.4. The monoisotopic (exact) mass is 340 g/mol. The topological polar surface area (TPSA) is 58.5 Å². The van der Waals surface area contributed by atoms with Crippen molar-refractivity contribution in [1.29, 1.82) is 0 Å². The second kappa shape index (κ2) is 7.94. The molecule has 0 spiro atoms. The minimum absolute atomic E-state index is 0.0947. The molecule has 0 bridgehead atoms. The van der Waals surface area contributed by atoms with E-state index >= 15 is 0 Å². The summed E-state index contributed by atoms with van der Waals surface area (Å²) in [4.78, 5) is 28.7. The highest BCUT2D eigenvalue weighted by Gasteiger charge is 2.20. The number of rotatable bonds is 5. The molecule has 2 amide bonds. The van der Waals surface area contributed by atoms with E-state index in [0.29, 0.717) is 25.3 Å². The van der Waals surface area contributed by atoms with Crippen molar-refractivity contribution in [2.45, 2.75) is 58.8 Å². The lowest BCUT2D eigenvalue weighted by molar-refractivity contribution is -0.123. The molecule has 1 fully saturated rings. The first-order valence-corrected chi connectivity index (χ1v) is 9.52. The molecule has 134 valence electrons. The van der Waals surface area contributed by atoms with Crippen molar-refractivity contribution in [3.05, 3.63) is 33.8 Å². The number of aryl methyl sites for hydroxylation is 2. The van der Waals surface area contributed by atoms with E-state index in [2.05, 4.69) is 16.4 Å². The lowest BCUT2D eigenvalue weighted by Gasteiger charge is -2.21. The second-order valence-electron chi connectivity index (χ2n) is 7.53. The van der Waals surface area contributed by atoms with Gasteiger partial charge >= 0.3 is 0 Å². The Morgan fingerprint density at radius 3 is 2.64 bits per heavy atom. The van der Waals surface area contributed by atoms with Crippen molar-refractivity contribution >= 4 is 17.9 Å². The van der Waals surface area contributed by atoms with Crippen molar-refractivity contribution in [2.75, 3.05) is 6.54 Å². The molecule has 0 radical (unpaired) electrons. The van der Waals surface area contributed by atoms with E-state index in [9.17, 15) is 9.59 Å². The first-order valence-electron chi connectivity index (χ1n) is 9.52. The third kappa shape index (κ3) is 4.36. The number of hydrogen-bond donors (Lipinski definition) is 1. The summed E-state index contributed by atoms with van der Waals surface area (Å²) in [5.74, 6) is 0.342. The highest BCUT2D eigenvalue weighted by atomic mass is 16.2. The van der Waals surface area contributed by atoms with Crippen LogP contribution in [0.2, 0.25) is 0 Å². The minimum atomic E-state index is -0.233. The Morgan fingerprint density at radius 2 is 1.88 bits per heavy atom. The number of fused-ring (bicyclic) bond motifs is 1. The Labute approximate surface area is 149 Å². The van der Waals surface area contributed by atoms with Crippen LogP contribution in [0.15, 0.2) is 17.1 Å². The Morgan fingerprint density at radius 1 is 1.16 bits per heavy atom. The Hall–Kier alpha value is -1.97. The van der Waals surface area contributed by atoms with Gasteiger partial charge in [0.15, 0.2) is 0 Å². The highest BCUT2D eigenvalue weighted by molar-refractivity contribution is 5.86. The summed E-state index contributed by atoms with van der Waals surface area (Å²) in [5.41, 5.74) is 2.17. The van der Waals surface area contributed by atoms with Crippen molar-refractivity contribution in [1.82, 2.24) is 5.32 Å². The molecule has 4 heteroatoms. The second-order valence-corrected chi connectivity index (χ2v) is 7.53. The maximum Gasteiger partial charge on any atom is 0.253 e. The van der Waals surface area contributed by atoms with Gasteiger partial charge in [0, 0.05) is 18.2 Å². The highest BCUT2D eigenvalue weighted by Crippen LogP contribution is 2.26. The summed E-state index contributed by atoms with van der Waals surface area (Å²) < 4.78 is 0. The molecular weight excluding hydrogens is 312 g/mol. The van der Waals surface area contributed by atoms with Gasteiger partial charge in [-0.2, -0.15) is 0 Å². The van der Waals surface area contributed by atoms with Crippen molar-refractivity contribution < 1.29 is 9.59 Å². The van der Waals surface area contributed by atoms with Crippen LogP contribution in [-0.2, 0) is 9.59 Å². The standard InChI is InChI=1S/C21H28N2O2/c1-14-8-9-15(2)20-18(14)13-17(21(25)23-20)10-11-22-19(24)12-16-6-4-3-5-7-16/h8-9,13,16-17H,3-7,10-12H2,1-2H3,(H,22,24). The van der Waals surface area contributed by atoms with E-state index in [-0.39, 0.29) is 17.7 Å². The summed E-state index contributed by atoms with van der Waals surface area (Å²) in [6, 6.07) is 4.07. The molecule has 0 aromatic heterocycles. The van der Waals surface area contributed by atoms with Crippen LogP contribution in [0.1, 0.15) is 56.1 Å². The zero-order chi connectivity index (χ0) is 17.8. The van der Waals surface area contributed by atoms with E-state index in [1.165, 1.54) is 32.1 Å². The molecule has 1 aliphatic heterocycles. The van der Waals surface area contributed by atoms with Crippen molar-refractivity contribution in [2.24, 2.45) is 16.8 Å². The average Bonchev–Trinajstić information content (AvgIpc) is 2.60. The molecule has 1 atom stereocenters. The summed E-state index contributed by atoms with van der Waals surface area (Å²) in [6.07, 6.45) is 9.45. The van der Waals surface area contributed by atoms with E-state index in [1.54, 1.807) is 0 Å². The number of amides is 2. The van der Waals surface area contributed by atoms with E-state index in [4.69, 9.17) is 0 Å². The van der Waals surface area contributed by atoms with Gasteiger partial charge in [-0.25, -0.2) is 4.99 Å². The van der Waals surface area contributed by atoms with Gasteiger partial charge in [0.1, 0.15) is 0 Å². The number of carbonyl (C=O) groups excluding carboxylic acids is 2. The molecule has 1 N–H and O–H groups in total. The SMILES string of the molecule is Cc1ccc(C)c2c1=CC(CCNC(=O)CC1CCCCC1)C(=O)N=2. The fraction of sp³-hybridized carbons (Fsp3) is 0.571. The fourth-order valence-electron chi connectivity index (χ4n) is 3.94. The van der Waals surface area contributed by atoms with Crippen LogP contribution in [0.25, 0.3) is 6.08 Å². The van der Waals surface area contributed by atoms with Crippen LogP contribution in [0, 0.1) is 25.7 Å². The van der Waals surface area contributed by atoms with Crippen LogP contribution in [-0.4, -0.2) is 18.4 Å². The van der Waals surface area contributed by atoms with E-state index in [1.807, 2.05) is 26.0 Å². The molecule has 1 heterocycles. The first kappa shape index (κ1) is 17.8. The lowest BCUT2D eigenvalue weighted by Crippen LogP contribution is -2.38.